The lowest BCUT2D eigenvalue weighted by atomic mass is 10.2. The minimum absolute atomic E-state index is 0.158. The lowest BCUT2D eigenvalue weighted by Gasteiger charge is -2.09. The minimum atomic E-state index is -3.91. The van der Waals surface area contributed by atoms with E-state index in [1.807, 2.05) is 48.7 Å². The molecule has 7 nitrogen and oxygen atoms in total. The number of aryl methyl sites for hydroxylation is 2. The van der Waals surface area contributed by atoms with Crippen LogP contribution in [-0.2, 0) is 16.4 Å². The van der Waals surface area contributed by atoms with E-state index in [1.165, 1.54) is 15.9 Å². The van der Waals surface area contributed by atoms with Crippen molar-refractivity contribution in [3.63, 3.8) is 0 Å². The highest BCUT2D eigenvalue weighted by atomic mass is 35.5. The molecule has 0 aliphatic rings. The summed E-state index contributed by atoms with van der Waals surface area (Å²) in [5.41, 5.74) is 3.46. The standard InChI is InChI=1S/C22H18ClN5O2S2/c1-13-3-4-14(2)18(11-13)32(29,30)22-21-25-20(24-12-15-5-7-16(23)8-6-15)19-17(9-10-31-19)28(21)27-26-22/h3-11H,12H2,1-2H3,(H,24,25). The van der Waals surface area contributed by atoms with E-state index < -0.39 is 9.84 Å². The van der Waals surface area contributed by atoms with Crippen molar-refractivity contribution in [1.29, 1.82) is 0 Å². The molecule has 0 aliphatic heterocycles. The highest BCUT2D eigenvalue weighted by molar-refractivity contribution is 7.91. The number of anilines is 1. The Morgan fingerprint density at radius 1 is 1.09 bits per heavy atom. The summed E-state index contributed by atoms with van der Waals surface area (Å²) in [6, 6.07) is 14.7. The number of nitrogens with zero attached hydrogens (tertiary/aromatic N) is 4. The van der Waals surface area contributed by atoms with Gasteiger partial charge in [-0.25, -0.2) is 13.4 Å². The first-order chi connectivity index (χ1) is 15.3. The Balaban J connectivity index is 1.64. The number of benzene rings is 2. The first kappa shape index (κ1) is 20.9. The zero-order chi connectivity index (χ0) is 22.5. The third-order valence-corrected chi connectivity index (χ3v) is 8.14. The molecule has 5 aromatic rings. The van der Waals surface area contributed by atoms with Crippen molar-refractivity contribution in [2.75, 3.05) is 5.32 Å². The van der Waals surface area contributed by atoms with Crippen LogP contribution in [0.2, 0.25) is 5.02 Å². The summed E-state index contributed by atoms with van der Waals surface area (Å²) in [6.45, 7) is 4.13. The number of nitrogens with one attached hydrogen (secondary N) is 1. The molecule has 0 amide bonds. The maximum Gasteiger partial charge on any atom is 0.229 e. The van der Waals surface area contributed by atoms with Gasteiger partial charge in [0, 0.05) is 11.6 Å². The third-order valence-electron chi connectivity index (χ3n) is 5.18. The first-order valence-electron chi connectivity index (χ1n) is 9.78. The van der Waals surface area contributed by atoms with Crippen LogP contribution in [0.25, 0.3) is 15.9 Å². The van der Waals surface area contributed by atoms with Crippen LogP contribution in [0, 0.1) is 13.8 Å². The SMILES string of the molecule is Cc1ccc(C)c(S(=O)(=O)c2nnn3c2nc(NCc2ccc(Cl)cc2)c2sccc23)c1. The number of hydrogen-bond acceptors (Lipinski definition) is 7. The van der Waals surface area contributed by atoms with E-state index in [4.69, 9.17) is 11.6 Å². The highest BCUT2D eigenvalue weighted by Gasteiger charge is 2.28. The number of aromatic nitrogens is 4. The maximum absolute atomic E-state index is 13.5. The molecule has 10 heteroatoms. The van der Waals surface area contributed by atoms with E-state index in [1.54, 1.807) is 19.1 Å². The third kappa shape index (κ3) is 3.52. The molecule has 0 unspecified atom stereocenters. The van der Waals surface area contributed by atoms with Gasteiger partial charge in [0.05, 0.1) is 15.1 Å². The number of thiophene rings is 1. The predicted octanol–water partition coefficient (Wildman–Crippen LogP) is 5.05. The normalized spacial score (nSPS) is 12.0. The molecule has 0 saturated heterocycles. The van der Waals surface area contributed by atoms with Crippen molar-refractivity contribution in [2.45, 2.75) is 30.3 Å². The second-order valence-corrected chi connectivity index (χ2v) is 10.7. The van der Waals surface area contributed by atoms with E-state index in [0.717, 1.165) is 21.3 Å². The van der Waals surface area contributed by atoms with Crippen LogP contribution in [0.1, 0.15) is 16.7 Å². The highest BCUT2D eigenvalue weighted by Crippen LogP contribution is 2.32. The first-order valence-corrected chi connectivity index (χ1v) is 12.5. The summed E-state index contributed by atoms with van der Waals surface area (Å²) in [4.78, 5) is 4.86. The molecular formula is C22H18ClN5O2S2. The molecule has 1 N–H and O–H groups in total. The van der Waals surface area contributed by atoms with Gasteiger partial charge >= 0.3 is 0 Å². The average Bonchev–Trinajstić information content (AvgIpc) is 3.42. The summed E-state index contributed by atoms with van der Waals surface area (Å²) in [5.74, 6) is 0.581. The predicted molar refractivity (Wildman–Crippen MR) is 126 cm³/mol. The molecule has 0 fully saturated rings. The summed E-state index contributed by atoms with van der Waals surface area (Å²) in [6.07, 6.45) is 0. The smallest absolute Gasteiger partial charge is 0.229 e. The Kier molecular flexibility index (Phi) is 5.11. The van der Waals surface area contributed by atoms with Crippen LogP contribution >= 0.6 is 22.9 Å². The van der Waals surface area contributed by atoms with Gasteiger partial charge < -0.3 is 5.32 Å². The maximum atomic E-state index is 13.5. The van der Waals surface area contributed by atoms with E-state index in [-0.39, 0.29) is 15.6 Å². The van der Waals surface area contributed by atoms with Gasteiger partial charge in [-0.2, -0.15) is 4.52 Å². The van der Waals surface area contributed by atoms with E-state index >= 15 is 0 Å². The van der Waals surface area contributed by atoms with Crippen LogP contribution in [0.3, 0.4) is 0 Å². The zero-order valence-electron chi connectivity index (χ0n) is 17.2. The fourth-order valence-electron chi connectivity index (χ4n) is 3.51. The summed E-state index contributed by atoms with van der Waals surface area (Å²) in [7, 11) is -3.91. The van der Waals surface area contributed by atoms with Gasteiger partial charge in [0.1, 0.15) is 5.82 Å². The molecule has 5 rings (SSSR count). The Labute approximate surface area is 193 Å². The Hall–Kier alpha value is -3.01. The van der Waals surface area contributed by atoms with Crippen molar-refractivity contribution in [3.8, 4) is 0 Å². The van der Waals surface area contributed by atoms with Crippen LogP contribution < -0.4 is 5.32 Å². The van der Waals surface area contributed by atoms with Gasteiger partial charge in [0.15, 0.2) is 5.65 Å². The fraction of sp³-hybridized carbons (Fsp3) is 0.136. The largest absolute Gasteiger partial charge is 0.365 e. The van der Waals surface area contributed by atoms with Gasteiger partial charge in [-0.1, -0.05) is 41.1 Å². The quantitative estimate of drug-likeness (QED) is 0.376. The fourth-order valence-corrected chi connectivity index (χ4v) is 6.03. The number of sulfone groups is 1. The van der Waals surface area contributed by atoms with E-state index in [0.29, 0.717) is 22.9 Å². The van der Waals surface area contributed by atoms with Crippen LogP contribution in [0.15, 0.2) is 63.8 Å². The van der Waals surface area contributed by atoms with Crippen molar-refractivity contribution < 1.29 is 8.42 Å². The Morgan fingerprint density at radius 2 is 1.88 bits per heavy atom. The molecule has 3 aromatic heterocycles. The van der Waals surface area contributed by atoms with Gasteiger partial charge in [-0.15, -0.1) is 16.4 Å². The van der Waals surface area contributed by atoms with Crippen molar-refractivity contribution in [3.05, 3.63) is 75.6 Å². The van der Waals surface area contributed by atoms with Crippen LogP contribution in [0.4, 0.5) is 5.82 Å². The van der Waals surface area contributed by atoms with Gasteiger partial charge in [0.2, 0.25) is 14.9 Å². The van der Waals surface area contributed by atoms with Crippen LogP contribution in [-0.4, -0.2) is 28.2 Å². The van der Waals surface area contributed by atoms with Gasteiger partial charge in [-0.3, -0.25) is 0 Å². The summed E-state index contributed by atoms with van der Waals surface area (Å²) in [5, 5.41) is 13.9. The number of fused-ring (bicyclic) bond motifs is 3. The lowest BCUT2D eigenvalue weighted by Crippen LogP contribution is -2.08. The van der Waals surface area contributed by atoms with E-state index in [9.17, 15) is 8.42 Å². The van der Waals surface area contributed by atoms with Gasteiger partial charge in [0.25, 0.3) is 0 Å². The number of halogens is 1. The molecule has 2 aromatic carbocycles. The number of rotatable bonds is 5. The second-order valence-electron chi connectivity index (χ2n) is 7.48. The molecule has 3 heterocycles. The molecule has 162 valence electrons. The van der Waals surface area contributed by atoms with E-state index in [2.05, 4.69) is 20.6 Å². The average molecular weight is 484 g/mol. The van der Waals surface area contributed by atoms with Crippen molar-refractivity contribution in [2.24, 2.45) is 0 Å². The van der Waals surface area contributed by atoms with Crippen molar-refractivity contribution in [1.82, 2.24) is 19.8 Å². The summed E-state index contributed by atoms with van der Waals surface area (Å²) < 4.78 is 29.3. The molecule has 0 aliphatic carbocycles. The molecule has 0 spiro atoms. The van der Waals surface area contributed by atoms with Crippen molar-refractivity contribution >= 4 is 54.5 Å². The molecule has 0 bridgehead atoms. The second kappa shape index (κ2) is 7.84. The zero-order valence-corrected chi connectivity index (χ0v) is 19.6. The summed E-state index contributed by atoms with van der Waals surface area (Å²) >= 11 is 7.47. The lowest BCUT2D eigenvalue weighted by molar-refractivity contribution is 0.592. The molecule has 0 radical (unpaired) electrons. The number of hydrogen-bond donors (Lipinski definition) is 1. The van der Waals surface area contributed by atoms with Gasteiger partial charge in [-0.05, 0) is 60.2 Å². The minimum Gasteiger partial charge on any atom is -0.365 e. The monoisotopic (exact) mass is 483 g/mol. The molecule has 0 atom stereocenters. The molecular weight excluding hydrogens is 466 g/mol. The Bertz CT molecular complexity index is 1570. The Morgan fingerprint density at radius 3 is 2.66 bits per heavy atom. The molecule has 0 saturated carbocycles. The molecule has 32 heavy (non-hydrogen) atoms. The topological polar surface area (TPSA) is 89.2 Å². The van der Waals surface area contributed by atoms with Crippen LogP contribution in [0.5, 0.6) is 0 Å².